The molecule has 0 spiro atoms. The summed E-state index contributed by atoms with van der Waals surface area (Å²) in [5.74, 6) is -0.317. The molecule has 0 aromatic carbocycles. The second-order valence-corrected chi connectivity index (χ2v) is 3.96. The summed E-state index contributed by atoms with van der Waals surface area (Å²) in [6, 6.07) is 3.30. The Bertz CT molecular complexity index is 489. The molecule has 94 valence electrons. The van der Waals surface area contributed by atoms with Crippen LogP contribution in [0.2, 0.25) is 0 Å². The Balaban J connectivity index is 2.34. The van der Waals surface area contributed by atoms with Gasteiger partial charge in [-0.05, 0) is 30.7 Å². The van der Waals surface area contributed by atoms with Crippen LogP contribution in [0.15, 0.2) is 36.9 Å². The molecule has 1 N–H and O–H groups in total. The quantitative estimate of drug-likeness (QED) is 0.877. The van der Waals surface area contributed by atoms with Gasteiger partial charge in [0, 0.05) is 18.0 Å². The van der Waals surface area contributed by atoms with Crippen LogP contribution in [0.1, 0.15) is 30.5 Å². The topological polar surface area (TPSA) is 50.7 Å². The lowest BCUT2D eigenvalue weighted by Crippen LogP contribution is -2.24. The van der Waals surface area contributed by atoms with E-state index in [4.69, 9.17) is 0 Å². The minimum Gasteiger partial charge on any atom is -0.306 e. The highest BCUT2D eigenvalue weighted by atomic mass is 19.1. The average Bonchev–Trinajstić information content (AvgIpc) is 2.42. The lowest BCUT2D eigenvalue weighted by atomic mass is 10.0. The third kappa shape index (κ3) is 2.87. The van der Waals surface area contributed by atoms with Gasteiger partial charge in [-0.1, -0.05) is 6.92 Å². The molecule has 18 heavy (non-hydrogen) atoms. The molecule has 0 aliphatic carbocycles. The summed E-state index contributed by atoms with van der Waals surface area (Å²) in [5, 5.41) is 10.9. The van der Waals surface area contributed by atoms with Crippen molar-refractivity contribution in [3.8, 4) is 0 Å². The maximum atomic E-state index is 13.8. The number of hydrogen-bond donors (Lipinski definition) is 1. The van der Waals surface area contributed by atoms with E-state index in [1.54, 1.807) is 24.7 Å². The van der Waals surface area contributed by atoms with Crippen molar-refractivity contribution in [2.75, 3.05) is 6.54 Å². The molecule has 0 saturated heterocycles. The van der Waals surface area contributed by atoms with E-state index in [1.807, 2.05) is 6.07 Å². The molecule has 0 amide bonds. The van der Waals surface area contributed by atoms with Crippen molar-refractivity contribution in [2.24, 2.45) is 0 Å². The molecule has 1 unspecified atom stereocenters. The van der Waals surface area contributed by atoms with Crippen molar-refractivity contribution in [1.29, 1.82) is 0 Å². The number of nitrogens with one attached hydrogen (secondary N) is 1. The standard InChI is InChI=1S/C13H15FN4/c1-2-5-16-13(10-3-7-17-18-8-10)11-4-6-15-9-12(11)14/h3-4,6-9,13,16H,2,5H2,1H3. The number of nitrogens with zero attached hydrogens (tertiary/aromatic N) is 3. The van der Waals surface area contributed by atoms with Crippen LogP contribution in [-0.2, 0) is 0 Å². The molecule has 5 heteroatoms. The van der Waals surface area contributed by atoms with Crippen LogP contribution >= 0.6 is 0 Å². The lowest BCUT2D eigenvalue weighted by molar-refractivity contribution is 0.541. The van der Waals surface area contributed by atoms with Gasteiger partial charge in [0.05, 0.1) is 18.4 Å². The molecular weight excluding hydrogens is 231 g/mol. The van der Waals surface area contributed by atoms with Crippen LogP contribution in [-0.4, -0.2) is 21.7 Å². The van der Waals surface area contributed by atoms with E-state index >= 15 is 0 Å². The fourth-order valence-corrected chi connectivity index (χ4v) is 1.79. The molecule has 0 bridgehead atoms. The van der Waals surface area contributed by atoms with Crippen molar-refractivity contribution >= 4 is 0 Å². The third-order valence-corrected chi connectivity index (χ3v) is 2.65. The van der Waals surface area contributed by atoms with E-state index in [0.29, 0.717) is 5.56 Å². The molecule has 2 heterocycles. The molecule has 0 fully saturated rings. The number of aromatic nitrogens is 3. The smallest absolute Gasteiger partial charge is 0.146 e. The highest BCUT2D eigenvalue weighted by Gasteiger charge is 2.17. The highest BCUT2D eigenvalue weighted by Crippen LogP contribution is 2.22. The summed E-state index contributed by atoms with van der Waals surface area (Å²) >= 11 is 0. The summed E-state index contributed by atoms with van der Waals surface area (Å²) < 4.78 is 13.8. The Morgan fingerprint density at radius 2 is 2.11 bits per heavy atom. The van der Waals surface area contributed by atoms with Crippen LogP contribution < -0.4 is 5.32 Å². The summed E-state index contributed by atoms with van der Waals surface area (Å²) in [6.45, 7) is 2.87. The Hall–Kier alpha value is -1.88. The molecule has 0 aliphatic heterocycles. The van der Waals surface area contributed by atoms with E-state index in [2.05, 4.69) is 27.4 Å². The zero-order valence-corrected chi connectivity index (χ0v) is 10.2. The molecule has 0 saturated carbocycles. The normalized spacial score (nSPS) is 12.3. The molecule has 2 aromatic heterocycles. The van der Waals surface area contributed by atoms with Gasteiger partial charge in [0.2, 0.25) is 0 Å². The van der Waals surface area contributed by atoms with Gasteiger partial charge in [0.25, 0.3) is 0 Å². The second-order valence-electron chi connectivity index (χ2n) is 3.96. The first-order valence-electron chi connectivity index (χ1n) is 5.92. The first-order chi connectivity index (χ1) is 8.83. The largest absolute Gasteiger partial charge is 0.306 e. The molecule has 4 nitrogen and oxygen atoms in total. The highest BCUT2D eigenvalue weighted by molar-refractivity contribution is 5.28. The number of hydrogen-bond acceptors (Lipinski definition) is 4. The van der Waals surface area contributed by atoms with Crippen LogP contribution in [0.25, 0.3) is 0 Å². The Morgan fingerprint density at radius 3 is 2.78 bits per heavy atom. The SMILES string of the molecule is CCCNC(c1ccnnc1)c1ccncc1F. The van der Waals surface area contributed by atoms with Gasteiger partial charge in [-0.25, -0.2) is 4.39 Å². The second kappa shape index (κ2) is 6.16. The summed E-state index contributed by atoms with van der Waals surface area (Å²) in [6.07, 6.45) is 7.04. The first-order valence-corrected chi connectivity index (χ1v) is 5.92. The molecular formula is C13H15FN4. The number of pyridine rings is 1. The fraction of sp³-hybridized carbons (Fsp3) is 0.308. The molecule has 1 atom stereocenters. The predicted octanol–water partition coefficient (Wildman–Crippen LogP) is 2.10. The molecule has 0 radical (unpaired) electrons. The van der Waals surface area contributed by atoms with Gasteiger partial charge < -0.3 is 5.32 Å². The fourth-order valence-electron chi connectivity index (χ4n) is 1.79. The van der Waals surface area contributed by atoms with E-state index in [-0.39, 0.29) is 11.9 Å². The van der Waals surface area contributed by atoms with Gasteiger partial charge in [-0.3, -0.25) is 4.98 Å². The summed E-state index contributed by atoms with van der Waals surface area (Å²) in [7, 11) is 0. The van der Waals surface area contributed by atoms with Crippen LogP contribution in [0.5, 0.6) is 0 Å². The van der Waals surface area contributed by atoms with Crippen LogP contribution in [0, 0.1) is 5.82 Å². The minimum absolute atomic E-state index is 0.219. The molecule has 2 rings (SSSR count). The Morgan fingerprint density at radius 1 is 1.22 bits per heavy atom. The Kier molecular flexibility index (Phi) is 4.30. The van der Waals surface area contributed by atoms with Gasteiger partial charge in [-0.2, -0.15) is 10.2 Å². The van der Waals surface area contributed by atoms with Gasteiger partial charge in [-0.15, -0.1) is 0 Å². The van der Waals surface area contributed by atoms with E-state index in [0.717, 1.165) is 18.5 Å². The molecule has 0 aliphatic rings. The Labute approximate surface area is 105 Å². The summed E-state index contributed by atoms with van der Waals surface area (Å²) in [4.78, 5) is 3.77. The van der Waals surface area contributed by atoms with E-state index in [9.17, 15) is 4.39 Å². The van der Waals surface area contributed by atoms with Crippen LogP contribution in [0.3, 0.4) is 0 Å². The maximum absolute atomic E-state index is 13.8. The van der Waals surface area contributed by atoms with E-state index < -0.39 is 0 Å². The average molecular weight is 246 g/mol. The third-order valence-electron chi connectivity index (χ3n) is 2.65. The van der Waals surface area contributed by atoms with Crippen molar-refractivity contribution in [2.45, 2.75) is 19.4 Å². The molecule has 2 aromatic rings. The van der Waals surface area contributed by atoms with E-state index in [1.165, 1.54) is 6.20 Å². The van der Waals surface area contributed by atoms with Crippen molar-refractivity contribution in [1.82, 2.24) is 20.5 Å². The zero-order chi connectivity index (χ0) is 12.8. The van der Waals surface area contributed by atoms with Crippen molar-refractivity contribution in [3.63, 3.8) is 0 Å². The van der Waals surface area contributed by atoms with Gasteiger partial charge in [0.15, 0.2) is 0 Å². The van der Waals surface area contributed by atoms with Gasteiger partial charge in [0.1, 0.15) is 5.82 Å². The number of halogens is 1. The van der Waals surface area contributed by atoms with Crippen molar-refractivity contribution < 1.29 is 4.39 Å². The minimum atomic E-state index is -0.317. The lowest BCUT2D eigenvalue weighted by Gasteiger charge is -2.19. The van der Waals surface area contributed by atoms with Crippen molar-refractivity contribution in [3.05, 3.63) is 53.9 Å². The first kappa shape index (κ1) is 12.6. The van der Waals surface area contributed by atoms with Gasteiger partial charge >= 0.3 is 0 Å². The zero-order valence-electron chi connectivity index (χ0n) is 10.2. The monoisotopic (exact) mass is 246 g/mol. The predicted molar refractivity (Wildman–Crippen MR) is 66.4 cm³/mol. The van der Waals surface area contributed by atoms with Crippen LogP contribution in [0.4, 0.5) is 4.39 Å². The maximum Gasteiger partial charge on any atom is 0.146 e. The number of rotatable bonds is 5. The summed E-state index contributed by atoms with van der Waals surface area (Å²) in [5.41, 5.74) is 1.47.